The summed E-state index contributed by atoms with van der Waals surface area (Å²) in [5.41, 5.74) is 0. The van der Waals surface area contributed by atoms with E-state index in [1.165, 1.54) is 4.44 Å². The Morgan fingerprint density at radius 3 is 2.86 bits per heavy atom. The van der Waals surface area contributed by atoms with Crippen molar-refractivity contribution < 1.29 is 5.11 Å². The summed E-state index contributed by atoms with van der Waals surface area (Å²) in [6.45, 7) is 3.98. The van der Waals surface area contributed by atoms with Gasteiger partial charge < -0.3 is 0 Å². The van der Waals surface area contributed by atoms with E-state index in [-0.39, 0.29) is 21.1 Å². The Balaban J connectivity index is 2.56. The van der Waals surface area contributed by atoms with Crippen LogP contribution in [-0.2, 0) is 0 Å². The van der Waals surface area contributed by atoms with Gasteiger partial charge in [-0.2, -0.15) is 0 Å². The van der Waals surface area contributed by atoms with Gasteiger partial charge in [-0.1, -0.05) is 0 Å². The fraction of sp³-hybridized carbons (Fsp3) is 0.600. The van der Waals surface area contributed by atoms with Crippen molar-refractivity contribution in [2.45, 2.75) is 8.87 Å². The number of aliphatic hydroxyl groups is 1. The van der Waals surface area contributed by atoms with Gasteiger partial charge in [0.05, 0.1) is 0 Å². The summed E-state index contributed by atoms with van der Waals surface area (Å²) < 4.78 is 2.28. The predicted molar refractivity (Wildman–Crippen MR) is 32.7 cm³/mol. The van der Waals surface area contributed by atoms with E-state index >= 15 is 0 Å². The molecule has 40 valence electrons. The van der Waals surface area contributed by atoms with Gasteiger partial charge in [0.25, 0.3) is 0 Å². The van der Waals surface area contributed by atoms with Gasteiger partial charge >= 0.3 is 54.4 Å². The molecule has 0 rings (SSSR count). The van der Waals surface area contributed by atoms with Crippen LogP contribution in [0.1, 0.15) is 0 Å². The van der Waals surface area contributed by atoms with Crippen molar-refractivity contribution >= 4 is 21.1 Å². The molecular formula is C5H10OSn. The molecule has 0 aromatic carbocycles. The van der Waals surface area contributed by atoms with E-state index in [1.54, 1.807) is 0 Å². The summed E-state index contributed by atoms with van der Waals surface area (Å²) in [5, 5.41) is 8.30. The molecule has 1 N–H and O–H groups in total. The molecule has 0 aliphatic heterocycles. The normalized spacial score (nSPS) is 8.71. The van der Waals surface area contributed by atoms with E-state index in [1.807, 2.05) is 6.08 Å². The van der Waals surface area contributed by atoms with E-state index in [2.05, 4.69) is 6.58 Å². The zero-order chi connectivity index (χ0) is 5.54. The molecule has 0 unspecified atom stereocenters. The molecule has 0 aromatic rings. The van der Waals surface area contributed by atoms with E-state index in [0.29, 0.717) is 6.61 Å². The molecule has 0 aliphatic carbocycles. The average molecular weight is 205 g/mol. The Hall–Kier alpha value is 0.499. The number of allylic oxidation sites excluding steroid dienone is 1. The van der Waals surface area contributed by atoms with Crippen LogP contribution in [0.25, 0.3) is 0 Å². The van der Waals surface area contributed by atoms with Crippen LogP contribution < -0.4 is 0 Å². The van der Waals surface area contributed by atoms with Crippen LogP contribution in [0.2, 0.25) is 8.87 Å². The van der Waals surface area contributed by atoms with Crippen LogP contribution in [0.15, 0.2) is 12.7 Å². The molecule has 0 spiro atoms. The maximum atomic E-state index is 8.30. The van der Waals surface area contributed by atoms with Crippen molar-refractivity contribution in [2.24, 2.45) is 0 Å². The third kappa shape index (κ3) is 6.50. The minimum absolute atomic E-state index is 0.187. The summed E-state index contributed by atoms with van der Waals surface area (Å²) in [7, 11) is 0. The molecule has 2 radical (unpaired) electrons. The van der Waals surface area contributed by atoms with Crippen molar-refractivity contribution in [1.82, 2.24) is 0 Å². The Morgan fingerprint density at radius 1 is 1.71 bits per heavy atom. The number of hydrogen-bond donors (Lipinski definition) is 1. The van der Waals surface area contributed by atoms with Crippen molar-refractivity contribution in [3.8, 4) is 0 Å². The van der Waals surface area contributed by atoms with Gasteiger partial charge in [0.1, 0.15) is 0 Å². The van der Waals surface area contributed by atoms with Gasteiger partial charge in [-0.25, -0.2) is 0 Å². The van der Waals surface area contributed by atoms with Crippen LogP contribution in [-0.4, -0.2) is 32.9 Å². The van der Waals surface area contributed by atoms with E-state index in [0.717, 1.165) is 4.44 Å². The van der Waals surface area contributed by atoms with Crippen molar-refractivity contribution in [3.05, 3.63) is 12.7 Å². The molecule has 0 fully saturated rings. The predicted octanol–water partition coefficient (Wildman–Crippen LogP) is 0.705. The van der Waals surface area contributed by atoms with Gasteiger partial charge in [0.2, 0.25) is 0 Å². The molecule has 0 amide bonds. The fourth-order valence-corrected chi connectivity index (χ4v) is 1.90. The molecule has 7 heavy (non-hydrogen) atoms. The molecule has 1 nitrogen and oxygen atoms in total. The fourth-order valence-electron chi connectivity index (χ4n) is 0.283. The second-order valence-electron chi connectivity index (χ2n) is 1.22. The maximum absolute atomic E-state index is 8.30. The minimum atomic E-state index is -0.187. The second kappa shape index (κ2) is 6.50. The first-order valence-electron chi connectivity index (χ1n) is 2.34. The third-order valence-electron chi connectivity index (χ3n) is 0.577. The monoisotopic (exact) mass is 206 g/mol. The van der Waals surface area contributed by atoms with E-state index in [4.69, 9.17) is 5.11 Å². The molecule has 0 bridgehead atoms. The molecular weight excluding hydrogens is 195 g/mol. The van der Waals surface area contributed by atoms with Gasteiger partial charge in [-0.3, -0.25) is 0 Å². The molecule has 0 aromatic heterocycles. The summed E-state index contributed by atoms with van der Waals surface area (Å²) >= 11 is -0.187. The van der Waals surface area contributed by atoms with E-state index in [9.17, 15) is 0 Å². The SMILES string of the molecule is C=C[CH2][Sn][CH2]CO. The molecule has 0 aliphatic rings. The standard InChI is InChI=1S/C3H5.C2H5O.Sn/c1-3-2;1-2-3;/h2*3H,1-2H2;. The molecule has 0 saturated carbocycles. The number of rotatable bonds is 4. The van der Waals surface area contributed by atoms with Crippen LogP contribution >= 0.6 is 0 Å². The topological polar surface area (TPSA) is 20.2 Å². The zero-order valence-corrected chi connectivity index (χ0v) is 7.21. The Morgan fingerprint density at radius 2 is 2.43 bits per heavy atom. The summed E-state index contributed by atoms with van der Waals surface area (Å²) in [5.74, 6) is 0. The van der Waals surface area contributed by atoms with Crippen LogP contribution in [0.3, 0.4) is 0 Å². The summed E-state index contributed by atoms with van der Waals surface area (Å²) in [6.07, 6.45) is 1.95. The Bertz CT molecular complexity index is 45.3. The number of aliphatic hydroxyl groups excluding tert-OH is 1. The first-order valence-corrected chi connectivity index (χ1v) is 6.38. The van der Waals surface area contributed by atoms with E-state index < -0.39 is 0 Å². The first-order chi connectivity index (χ1) is 3.41. The van der Waals surface area contributed by atoms with Gasteiger partial charge in [0, 0.05) is 0 Å². The van der Waals surface area contributed by atoms with Gasteiger partial charge in [-0.05, 0) is 0 Å². The Kier molecular flexibility index (Phi) is 6.96. The van der Waals surface area contributed by atoms with Gasteiger partial charge in [-0.15, -0.1) is 0 Å². The van der Waals surface area contributed by atoms with Crippen LogP contribution in [0, 0.1) is 0 Å². The molecule has 0 heterocycles. The summed E-state index contributed by atoms with van der Waals surface area (Å²) in [4.78, 5) is 0. The quantitative estimate of drug-likeness (QED) is 0.407. The van der Waals surface area contributed by atoms with Crippen LogP contribution in [0.4, 0.5) is 0 Å². The third-order valence-corrected chi connectivity index (χ3v) is 3.87. The molecule has 0 atom stereocenters. The van der Waals surface area contributed by atoms with Crippen molar-refractivity contribution in [3.63, 3.8) is 0 Å². The molecule has 2 heteroatoms. The van der Waals surface area contributed by atoms with Gasteiger partial charge in [0.15, 0.2) is 0 Å². The first kappa shape index (κ1) is 7.50. The van der Waals surface area contributed by atoms with Crippen LogP contribution in [0.5, 0.6) is 0 Å². The molecule has 0 saturated heterocycles. The zero-order valence-electron chi connectivity index (χ0n) is 4.35. The Labute approximate surface area is 54.6 Å². The number of hydrogen-bond acceptors (Lipinski definition) is 1. The second-order valence-corrected chi connectivity index (χ2v) is 5.24. The average Bonchev–Trinajstić information content (AvgIpc) is 1.69. The van der Waals surface area contributed by atoms with Crippen molar-refractivity contribution in [2.75, 3.05) is 6.61 Å². The summed E-state index contributed by atoms with van der Waals surface area (Å²) in [6, 6.07) is 0. The van der Waals surface area contributed by atoms with Crippen molar-refractivity contribution in [1.29, 1.82) is 0 Å².